The molecule has 0 aliphatic rings. The van der Waals surface area contributed by atoms with Gasteiger partial charge in [0, 0.05) is 18.0 Å². The van der Waals surface area contributed by atoms with Crippen LogP contribution < -0.4 is 14.8 Å². The molecule has 150 valence electrons. The van der Waals surface area contributed by atoms with Crippen molar-refractivity contribution in [3.05, 3.63) is 48.0 Å². The largest absolute Gasteiger partial charge is 0.493 e. The maximum Gasteiger partial charge on any atom is 0.340 e. The van der Waals surface area contributed by atoms with E-state index in [-0.39, 0.29) is 10.5 Å². The number of hydrogen-bond acceptors (Lipinski definition) is 7. The molecule has 0 fully saturated rings. The molecule has 0 saturated carbocycles. The third-order valence-corrected chi connectivity index (χ3v) is 4.97. The number of benzene rings is 2. The molecule has 2 aromatic rings. The van der Waals surface area contributed by atoms with Crippen LogP contribution in [0.3, 0.4) is 0 Å². The number of sulfone groups is 1. The summed E-state index contributed by atoms with van der Waals surface area (Å²) in [6, 6.07) is 10.4. The molecule has 2 aromatic carbocycles. The summed E-state index contributed by atoms with van der Waals surface area (Å²) < 4.78 is 39.1. The summed E-state index contributed by atoms with van der Waals surface area (Å²) in [6.45, 7) is 1.39. The number of carbonyl (C=O) groups is 2. The van der Waals surface area contributed by atoms with Gasteiger partial charge in [-0.2, -0.15) is 0 Å². The number of ether oxygens (including phenoxy) is 3. The topological polar surface area (TPSA) is 108 Å². The quantitative estimate of drug-likeness (QED) is 0.702. The fourth-order valence-electron chi connectivity index (χ4n) is 2.39. The number of rotatable bonds is 7. The number of methoxy groups -OCH3 is 2. The first kappa shape index (κ1) is 21.2. The van der Waals surface area contributed by atoms with Crippen LogP contribution >= 0.6 is 0 Å². The fraction of sp³-hybridized carbons (Fsp3) is 0.263. The molecule has 1 amide bonds. The van der Waals surface area contributed by atoms with E-state index >= 15 is 0 Å². The lowest BCUT2D eigenvalue weighted by Gasteiger charge is -2.15. The van der Waals surface area contributed by atoms with E-state index in [4.69, 9.17) is 14.2 Å². The van der Waals surface area contributed by atoms with E-state index in [1.54, 1.807) is 18.2 Å². The van der Waals surface area contributed by atoms with Gasteiger partial charge in [-0.05, 0) is 31.2 Å². The Morgan fingerprint density at radius 2 is 1.64 bits per heavy atom. The minimum absolute atomic E-state index is 0.129. The summed E-state index contributed by atoms with van der Waals surface area (Å²) in [5, 5.41) is 2.60. The van der Waals surface area contributed by atoms with Gasteiger partial charge >= 0.3 is 5.97 Å². The normalized spacial score (nSPS) is 12.0. The number of nitrogens with one attached hydrogen (secondary N) is 1. The van der Waals surface area contributed by atoms with Crippen LogP contribution in [0.1, 0.15) is 17.3 Å². The molecule has 0 aliphatic heterocycles. The average Bonchev–Trinajstić information content (AvgIpc) is 2.67. The van der Waals surface area contributed by atoms with Gasteiger partial charge < -0.3 is 19.5 Å². The highest BCUT2D eigenvalue weighted by molar-refractivity contribution is 7.90. The van der Waals surface area contributed by atoms with Crippen molar-refractivity contribution >= 4 is 27.4 Å². The van der Waals surface area contributed by atoms with Crippen molar-refractivity contribution in [1.82, 2.24) is 0 Å². The van der Waals surface area contributed by atoms with Crippen LogP contribution in [0.2, 0.25) is 0 Å². The van der Waals surface area contributed by atoms with Crippen molar-refractivity contribution in [3.63, 3.8) is 0 Å². The maximum atomic E-state index is 12.4. The van der Waals surface area contributed by atoms with Gasteiger partial charge in [0.1, 0.15) is 0 Å². The smallest absolute Gasteiger partial charge is 0.340 e. The second kappa shape index (κ2) is 8.75. The number of anilines is 1. The molecule has 0 aromatic heterocycles. The molecule has 1 N–H and O–H groups in total. The second-order valence-electron chi connectivity index (χ2n) is 5.87. The maximum absolute atomic E-state index is 12.4. The van der Waals surface area contributed by atoms with Crippen molar-refractivity contribution in [2.75, 3.05) is 25.8 Å². The molecule has 0 bridgehead atoms. The van der Waals surface area contributed by atoms with Gasteiger partial charge in [-0.1, -0.05) is 12.1 Å². The van der Waals surface area contributed by atoms with Crippen molar-refractivity contribution in [2.45, 2.75) is 17.9 Å². The molecule has 1 atom stereocenters. The van der Waals surface area contributed by atoms with Gasteiger partial charge in [-0.25, -0.2) is 13.2 Å². The standard InChI is InChI=1S/C19H21NO7S/c1-12(18(21)20-13-9-10-15(25-2)16(11-13)26-3)27-19(22)14-7-5-6-8-17(14)28(4,23)24/h5-12H,1-4H3,(H,20,21)/t12-/m1/s1. The Bertz CT molecular complexity index is 986. The number of amides is 1. The first-order valence-electron chi connectivity index (χ1n) is 8.20. The number of esters is 1. The van der Waals surface area contributed by atoms with Gasteiger partial charge in [0.15, 0.2) is 27.4 Å². The van der Waals surface area contributed by atoms with Gasteiger partial charge in [-0.15, -0.1) is 0 Å². The lowest BCUT2D eigenvalue weighted by atomic mass is 10.2. The first-order valence-corrected chi connectivity index (χ1v) is 10.1. The van der Waals surface area contributed by atoms with Crippen LogP contribution in [0.5, 0.6) is 11.5 Å². The van der Waals surface area contributed by atoms with Crippen LogP contribution in [0.15, 0.2) is 47.4 Å². The summed E-state index contributed by atoms with van der Waals surface area (Å²) in [5.74, 6) is -0.572. The summed E-state index contributed by atoms with van der Waals surface area (Å²) in [5.41, 5.74) is 0.290. The highest BCUT2D eigenvalue weighted by atomic mass is 32.2. The van der Waals surface area contributed by atoms with Crippen LogP contribution in [0.25, 0.3) is 0 Å². The molecule has 0 spiro atoms. The Morgan fingerprint density at radius 1 is 1.00 bits per heavy atom. The van der Waals surface area contributed by atoms with Crippen LogP contribution in [-0.2, 0) is 19.4 Å². The molecular formula is C19H21NO7S. The predicted octanol–water partition coefficient (Wildman–Crippen LogP) is 2.29. The average molecular weight is 407 g/mol. The van der Waals surface area contributed by atoms with Crippen LogP contribution in [0.4, 0.5) is 5.69 Å². The van der Waals surface area contributed by atoms with Crippen molar-refractivity contribution in [2.24, 2.45) is 0 Å². The Balaban J connectivity index is 2.12. The van der Waals surface area contributed by atoms with Crippen LogP contribution in [0, 0.1) is 0 Å². The molecule has 0 radical (unpaired) electrons. The van der Waals surface area contributed by atoms with Crippen molar-refractivity contribution in [1.29, 1.82) is 0 Å². The third kappa shape index (κ3) is 5.01. The lowest BCUT2D eigenvalue weighted by molar-refractivity contribution is -0.123. The van der Waals surface area contributed by atoms with E-state index in [9.17, 15) is 18.0 Å². The van der Waals surface area contributed by atoms with Gasteiger partial charge in [0.05, 0.1) is 24.7 Å². The highest BCUT2D eigenvalue weighted by Crippen LogP contribution is 2.29. The predicted molar refractivity (Wildman–Crippen MR) is 103 cm³/mol. The minimum Gasteiger partial charge on any atom is -0.493 e. The monoisotopic (exact) mass is 407 g/mol. The van der Waals surface area contributed by atoms with E-state index in [1.807, 2.05) is 0 Å². The Hall–Kier alpha value is -3.07. The van der Waals surface area contributed by atoms with E-state index in [2.05, 4.69) is 5.32 Å². The Kier molecular flexibility index (Phi) is 6.63. The Labute approximate surface area is 163 Å². The van der Waals surface area contributed by atoms with Gasteiger partial charge in [-0.3, -0.25) is 4.79 Å². The summed E-state index contributed by atoms with van der Waals surface area (Å²) in [6.07, 6.45) is -0.167. The molecule has 28 heavy (non-hydrogen) atoms. The molecule has 9 heteroatoms. The molecule has 2 rings (SSSR count). The first-order chi connectivity index (χ1) is 13.2. The minimum atomic E-state index is -3.62. The van der Waals surface area contributed by atoms with Gasteiger partial charge in [0.25, 0.3) is 5.91 Å². The lowest BCUT2D eigenvalue weighted by Crippen LogP contribution is -2.30. The molecule has 0 heterocycles. The third-order valence-electron chi connectivity index (χ3n) is 3.81. The molecule has 0 aliphatic carbocycles. The van der Waals surface area contributed by atoms with E-state index in [0.29, 0.717) is 17.2 Å². The van der Waals surface area contributed by atoms with E-state index in [1.165, 1.54) is 45.4 Å². The molecule has 0 unspecified atom stereocenters. The summed E-state index contributed by atoms with van der Waals surface area (Å²) in [4.78, 5) is 24.5. The fourth-order valence-corrected chi connectivity index (χ4v) is 3.27. The molecular weight excluding hydrogens is 386 g/mol. The molecule has 8 nitrogen and oxygen atoms in total. The SMILES string of the molecule is COc1ccc(NC(=O)[C@@H](C)OC(=O)c2ccccc2S(C)(=O)=O)cc1OC. The van der Waals surface area contributed by atoms with E-state index < -0.39 is 27.8 Å². The van der Waals surface area contributed by atoms with E-state index in [0.717, 1.165) is 6.26 Å². The van der Waals surface area contributed by atoms with Crippen molar-refractivity contribution in [3.8, 4) is 11.5 Å². The van der Waals surface area contributed by atoms with Crippen molar-refractivity contribution < 1.29 is 32.2 Å². The van der Waals surface area contributed by atoms with Crippen LogP contribution in [-0.4, -0.2) is 46.9 Å². The zero-order valence-corrected chi connectivity index (χ0v) is 16.7. The Morgan fingerprint density at radius 3 is 2.25 bits per heavy atom. The zero-order valence-electron chi connectivity index (χ0n) is 15.9. The van der Waals surface area contributed by atoms with Gasteiger partial charge in [0.2, 0.25) is 0 Å². The summed E-state index contributed by atoms with van der Waals surface area (Å²) >= 11 is 0. The zero-order chi connectivity index (χ0) is 20.9. The highest BCUT2D eigenvalue weighted by Gasteiger charge is 2.24. The number of hydrogen-bond donors (Lipinski definition) is 1. The molecule has 0 saturated heterocycles. The summed E-state index contributed by atoms with van der Waals surface area (Å²) in [7, 11) is -0.667. The second-order valence-corrected chi connectivity index (χ2v) is 7.86. The number of carbonyl (C=O) groups excluding carboxylic acids is 2.